The second-order valence-corrected chi connectivity index (χ2v) is 4.19. The molecule has 1 amide bonds. The Labute approximate surface area is 79.3 Å². The van der Waals surface area contributed by atoms with Crippen LogP contribution in [0.4, 0.5) is 0 Å². The number of carbonyl (C=O) groups excluding carboxylic acids is 1. The average Bonchev–Trinajstić information content (AvgIpc) is 2.46. The van der Waals surface area contributed by atoms with Gasteiger partial charge in [-0.15, -0.1) is 0 Å². The van der Waals surface area contributed by atoms with Crippen molar-refractivity contribution in [2.45, 2.75) is 38.1 Å². The van der Waals surface area contributed by atoms with Crippen molar-refractivity contribution in [3.05, 3.63) is 0 Å². The highest BCUT2D eigenvalue weighted by Gasteiger charge is 2.39. The zero-order chi connectivity index (χ0) is 9.26. The molecule has 74 valence electrons. The van der Waals surface area contributed by atoms with E-state index in [-0.39, 0.29) is 0 Å². The largest absolute Gasteiger partial charge is 0.339 e. The Bertz CT molecular complexity index is 205. The van der Waals surface area contributed by atoms with Gasteiger partial charge < -0.3 is 10.6 Å². The fourth-order valence-electron chi connectivity index (χ4n) is 2.74. The van der Waals surface area contributed by atoms with Gasteiger partial charge in [0.05, 0.1) is 0 Å². The maximum atomic E-state index is 11.6. The van der Waals surface area contributed by atoms with E-state index in [1.807, 2.05) is 0 Å². The summed E-state index contributed by atoms with van der Waals surface area (Å²) in [4.78, 5) is 13.7. The molecule has 0 radical (unpaired) electrons. The molecule has 3 nitrogen and oxygen atoms in total. The lowest BCUT2D eigenvalue weighted by atomic mass is 9.91. The SMILES string of the molecule is NCCC1CC(=O)N2CCCCC12. The van der Waals surface area contributed by atoms with Crippen molar-refractivity contribution in [3.63, 3.8) is 0 Å². The van der Waals surface area contributed by atoms with Gasteiger partial charge in [-0.05, 0) is 38.1 Å². The fourth-order valence-corrected chi connectivity index (χ4v) is 2.74. The molecule has 2 aliphatic rings. The van der Waals surface area contributed by atoms with Crippen LogP contribution in [0.5, 0.6) is 0 Å². The maximum Gasteiger partial charge on any atom is 0.223 e. The standard InChI is InChI=1S/C10H18N2O/c11-5-4-8-7-10(13)12-6-2-1-3-9(8)12/h8-9H,1-7,11H2. The van der Waals surface area contributed by atoms with Gasteiger partial charge in [-0.2, -0.15) is 0 Å². The summed E-state index contributed by atoms with van der Waals surface area (Å²) < 4.78 is 0. The van der Waals surface area contributed by atoms with Crippen LogP contribution in [0.1, 0.15) is 32.1 Å². The first-order chi connectivity index (χ1) is 6.33. The molecule has 0 aromatic carbocycles. The van der Waals surface area contributed by atoms with Gasteiger partial charge in [-0.1, -0.05) is 0 Å². The van der Waals surface area contributed by atoms with Crippen LogP contribution in [-0.4, -0.2) is 29.9 Å². The summed E-state index contributed by atoms with van der Waals surface area (Å²) in [6, 6.07) is 0.532. The van der Waals surface area contributed by atoms with Crippen molar-refractivity contribution >= 4 is 5.91 Å². The van der Waals surface area contributed by atoms with E-state index in [0.29, 0.717) is 17.9 Å². The lowest BCUT2D eigenvalue weighted by molar-refractivity contribution is -0.129. The highest BCUT2D eigenvalue weighted by molar-refractivity contribution is 5.79. The molecule has 3 heteroatoms. The third-order valence-corrected chi connectivity index (χ3v) is 3.39. The van der Waals surface area contributed by atoms with Gasteiger partial charge >= 0.3 is 0 Å². The molecule has 2 fully saturated rings. The third kappa shape index (κ3) is 1.57. The molecule has 2 aliphatic heterocycles. The first kappa shape index (κ1) is 9.00. The van der Waals surface area contributed by atoms with E-state index < -0.39 is 0 Å². The van der Waals surface area contributed by atoms with Crippen LogP contribution >= 0.6 is 0 Å². The molecule has 2 rings (SSSR count). The van der Waals surface area contributed by atoms with E-state index in [1.165, 1.54) is 19.3 Å². The van der Waals surface area contributed by atoms with E-state index in [4.69, 9.17) is 5.73 Å². The molecular weight excluding hydrogens is 164 g/mol. The molecule has 0 bridgehead atoms. The monoisotopic (exact) mass is 182 g/mol. The summed E-state index contributed by atoms with van der Waals surface area (Å²) in [5.74, 6) is 0.918. The topological polar surface area (TPSA) is 46.3 Å². The molecule has 2 atom stereocenters. The molecule has 0 aromatic rings. The molecule has 2 N–H and O–H groups in total. The summed E-state index contributed by atoms with van der Waals surface area (Å²) in [6.45, 7) is 1.72. The lowest BCUT2D eigenvalue weighted by Gasteiger charge is -2.32. The highest BCUT2D eigenvalue weighted by Crippen LogP contribution is 2.34. The van der Waals surface area contributed by atoms with Crippen LogP contribution in [0.2, 0.25) is 0 Å². The molecule has 0 aliphatic carbocycles. The third-order valence-electron chi connectivity index (χ3n) is 3.39. The van der Waals surface area contributed by atoms with E-state index in [1.54, 1.807) is 0 Å². The number of rotatable bonds is 2. The summed E-state index contributed by atoms with van der Waals surface area (Å²) in [5.41, 5.74) is 5.55. The first-order valence-corrected chi connectivity index (χ1v) is 5.32. The van der Waals surface area contributed by atoms with Crippen molar-refractivity contribution in [1.29, 1.82) is 0 Å². The van der Waals surface area contributed by atoms with Gasteiger partial charge in [-0.25, -0.2) is 0 Å². The zero-order valence-electron chi connectivity index (χ0n) is 8.04. The van der Waals surface area contributed by atoms with Crippen LogP contribution in [0, 0.1) is 5.92 Å². The Balaban J connectivity index is 2.04. The van der Waals surface area contributed by atoms with E-state index in [2.05, 4.69) is 4.90 Å². The minimum absolute atomic E-state index is 0.364. The van der Waals surface area contributed by atoms with Gasteiger partial charge in [-0.3, -0.25) is 4.79 Å². The van der Waals surface area contributed by atoms with Gasteiger partial charge in [0.2, 0.25) is 5.91 Å². The van der Waals surface area contributed by atoms with Crippen molar-refractivity contribution in [2.24, 2.45) is 11.7 Å². The second-order valence-electron chi connectivity index (χ2n) is 4.19. The Kier molecular flexibility index (Phi) is 2.54. The molecule has 13 heavy (non-hydrogen) atoms. The highest BCUT2D eigenvalue weighted by atomic mass is 16.2. The molecule has 0 spiro atoms. The summed E-state index contributed by atoms with van der Waals surface area (Å²) in [6.07, 6.45) is 5.46. The van der Waals surface area contributed by atoms with Crippen molar-refractivity contribution in [1.82, 2.24) is 4.90 Å². The number of fused-ring (bicyclic) bond motifs is 1. The second kappa shape index (κ2) is 3.66. The van der Waals surface area contributed by atoms with Crippen LogP contribution in [0.25, 0.3) is 0 Å². The lowest BCUT2D eigenvalue weighted by Crippen LogP contribution is -2.39. The Morgan fingerprint density at radius 2 is 2.31 bits per heavy atom. The number of nitrogens with zero attached hydrogens (tertiary/aromatic N) is 1. The molecule has 0 saturated carbocycles. The number of piperidine rings is 1. The van der Waals surface area contributed by atoms with Crippen molar-refractivity contribution < 1.29 is 4.79 Å². The minimum atomic E-state index is 0.364. The molecule has 2 saturated heterocycles. The number of amides is 1. The predicted octanol–water partition coefficient (Wildman–Crippen LogP) is 0.736. The number of carbonyl (C=O) groups is 1. The van der Waals surface area contributed by atoms with Crippen molar-refractivity contribution in [2.75, 3.05) is 13.1 Å². The van der Waals surface area contributed by atoms with Gasteiger partial charge in [0.25, 0.3) is 0 Å². The smallest absolute Gasteiger partial charge is 0.223 e. The molecule has 0 aromatic heterocycles. The number of hydrogen-bond donors (Lipinski definition) is 1. The summed E-state index contributed by atoms with van der Waals surface area (Å²) >= 11 is 0. The molecule has 2 heterocycles. The van der Waals surface area contributed by atoms with Crippen LogP contribution < -0.4 is 5.73 Å². The van der Waals surface area contributed by atoms with E-state index in [9.17, 15) is 4.79 Å². The van der Waals surface area contributed by atoms with Crippen LogP contribution in [0.15, 0.2) is 0 Å². The van der Waals surface area contributed by atoms with Gasteiger partial charge in [0, 0.05) is 19.0 Å². The van der Waals surface area contributed by atoms with Crippen molar-refractivity contribution in [3.8, 4) is 0 Å². The maximum absolute atomic E-state index is 11.6. The predicted molar refractivity (Wildman–Crippen MR) is 51.1 cm³/mol. The summed E-state index contributed by atoms with van der Waals surface area (Å²) in [5, 5.41) is 0. The quantitative estimate of drug-likeness (QED) is 0.684. The Hall–Kier alpha value is -0.570. The normalized spacial score (nSPS) is 33.6. The minimum Gasteiger partial charge on any atom is -0.339 e. The average molecular weight is 182 g/mol. The van der Waals surface area contributed by atoms with E-state index in [0.717, 1.165) is 25.9 Å². The van der Waals surface area contributed by atoms with E-state index >= 15 is 0 Å². The fraction of sp³-hybridized carbons (Fsp3) is 0.900. The van der Waals surface area contributed by atoms with Crippen LogP contribution in [-0.2, 0) is 4.79 Å². The number of hydrogen-bond acceptors (Lipinski definition) is 2. The molecular formula is C10H18N2O. The summed E-state index contributed by atoms with van der Waals surface area (Å²) in [7, 11) is 0. The Morgan fingerprint density at radius 3 is 3.08 bits per heavy atom. The van der Waals surface area contributed by atoms with Gasteiger partial charge in [0.15, 0.2) is 0 Å². The Morgan fingerprint density at radius 1 is 1.46 bits per heavy atom. The molecule has 2 unspecified atom stereocenters. The van der Waals surface area contributed by atoms with Crippen LogP contribution in [0.3, 0.4) is 0 Å². The number of nitrogens with two attached hydrogens (primary N) is 1. The first-order valence-electron chi connectivity index (χ1n) is 5.32. The van der Waals surface area contributed by atoms with Gasteiger partial charge in [0.1, 0.15) is 0 Å². The zero-order valence-corrected chi connectivity index (χ0v) is 8.04.